The molecule has 0 aromatic heterocycles. The first-order valence-electron chi connectivity index (χ1n) is 4.66. The highest BCUT2D eigenvalue weighted by molar-refractivity contribution is 8.03. The summed E-state index contributed by atoms with van der Waals surface area (Å²) in [6.45, 7) is 10.5. The minimum absolute atomic E-state index is 0.159. The molecule has 0 aromatic rings. The van der Waals surface area contributed by atoms with Crippen LogP contribution in [-0.4, -0.2) is 11.8 Å². The normalized spacial score (nSPS) is 13.4. The number of nitrogens with two attached hydrogens (primary N) is 1. The number of hydrogen-bond acceptors (Lipinski definition) is 2. The molecule has 0 rings (SSSR count). The van der Waals surface area contributed by atoms with Crippen molar-refractivity contribution in [3.8, 4) is 0 Å². The predicted molar refractivity (Wildman–Crippen MR) is 59.3 cm³/mol. The van der Waals surface area contributed by atoms with E-state index in [9.17, 15) is 0 Å². The van der Waals surface area contributed by atoms with E-state index in [4.69, 9.17) is 5.73 Å². The van der Waals surface area contributed by atoms with Crippen molar-refractivity contribution in [2.75, 3.05) is 5.75 Å². The van der Waals surface area contributed by atoms with Crippen LogP contribution in [0.1, 0.15) is 33.6 Å². The summed E-state index contributed by atoms with van der Waals surface area (Å²) in [4.78, 5) is 1.14. The molecule has 0 heterocycles. The van der Waals surface area contributed by atoms with Crippen LogP contribution >= 0.6 is 11.8 Å². The Hall–Kier alpha value is 0.0500. The Bertz CT molecular complexity index is 132. The molecule has 0 aliphatic heterocycles. The minimum atomic E-state index is 0.159. The third kappa shape index (κ3) is 4.83. The van der Waals surface area contributed by atoms with Crippen molar-refractivity contribution in [1.82, 2.24) is 0 Å². The fraction of sp³-hybridized carbons (Fsp3) is 0.800. The van der Waals surface area contributed by atoms with Crippen LogP contribution in [0.2, 0.25) is 0 Å². The lowest BCUT2D eigenvalue weighted by molar-refractivity contribution is 0.566. The topological polar surface area (TPSA) is 26.0 Å². The van der Waals surface area contributed by atoms with E-state index >= 15 is 0 Å². The average molecular weight is 187 g/mol. The Labute approximate surface area is 80.8 Å². The van der Waals surface area contributed by atoms with Crippen molar-refractivity contribution in [1.29, 1.82) is 0 Å². The fourth-order valence-corrected chi connectivity index (χ4v) is 1.98. The molecule has 0 saturated carbocycles. The van der Waals surface area contributed by atoms with Crippen LogP contribution in [0, 0.1) is 5.92 Å². The summed E-state index contributed by atoms with van der Waals surface area (Å²) >= 11 is 1.82. The minimum Gasteiger partial charge on any atom is -0.323 e. The first kappa shape index (κ1) is 12.0. The highest BCUT2D eigenvalue weighted by Gasteiger charge is 2.10. The van der Waals surface area contributed by atoms with E-state index < -0.39 is 0 Å². The van der Waals surface area contributed by atoms with Crippen molar-refractivity contribution in [3.05, 3.63) is 11.5 Å². The summed E-state index contributed by atoms with van der Waals surface area (Å²) in [5, 5.41) is 0. The molecule has 0 amide bonds. The molecular formula is C10H21NS. The predicted octanol–water partition coefficient (Wildman–Crippen LogP) is 3.02. The van der Waals surface area contributed by atoms with Gasteiger partial charge in [0.15, 0.2) is 0 Å². The lowest BCUT2D eigenvalue weighted by atomic mass is 10.1. The smallest absolute Gasteiger partial charge is 0.0372 e. The SMILES string of the molecule is C=C(SCCCC)C(N)C(C)C. The van der Waals surface area contributed by atoms with Gasteiger partial charge < -0.3 is 5.73 Å². The zero-order valence-corrected chi connectivity index (χ0v) is 9.29. The molecule has 0 aliphatic carbocycles. The molecule has 0 fully saturated rings. The maximum atomic E-state index is 5.92. The van der Waals surface area contributed by atoms with Gasteiger partial charge in [-0.3, -0.25) is 0 Å². The van der Waals surface area contributed by atoms with E-state index in [0.29, 0.717) is 5.92 Å². The molecule has 12 heavy (non-hydrogen) atoms. The molecule has 0 saturated heterocycles. The van der Waals surface area contributed by atoms with Crippen LogP contribution in [0.15, 0.2) is 11.5 Å². The molecular weight excluding hydrogens is 166 g/mol. The third-order valence-corrected chi connectivity index (χ3v) is 3.01. The van der Waals surface area contributed by atoms with Crippen molar-refractivity contribution in [2.24, 2.45) is 11.7 Å². The summed E-state index contributed by atoms with van der Waals surface area (Å²) in [5.74, 6) is 1.67. The van der Waals surface area contributed by atoms with E-state index in [1.807, 2.05) is 11.8 Å². The number of hydrogen-bond donors (Lipinski definition) is 1. The lowest BCUT2D eigenvalue weighted by Gasteiger charge is -2.17. The number of rotatable bonds is 6. The van der Waals surface area contributed by atoms with Gasteiger partial charge in [0.25, 0.3) is 0 Å². The highest BCUT2D eigenvalue weighted by Crippen LogP contribution is 2.21. The maximum absolute atomic E-state index is 5.92. The van der Waals surface area contributed by atoms with E-state index in [-0.39, 0.29) is 6.04 Å². The van der Waals surface area contributed by atoms with Crippen LogP contribution in [0.4, 0.5) is 0 Å². The van der Waals surface area contributed by atoms with E-state index in [0.717, 1.165) is 10.7 Å². The van der Waals surface area contributed by atoms with Gasteiger partial charge >= 0.3 is 0 Å². The van der Waals surface area contributed by atoms with E-state index in [2.05, 4.69) is 27.4 Å². The highest BCUT2D eigenvalue weighted by atomic mass is 32.2. The van der Waals surface area contributed by atoms with Gasteiger partial charge in [0.05, 0.1) is 0 Å². The maximum Gasteiger partial charge on any atom is 0.0372 e. The summed E-state index contributed by atoms with van der Waals surface area (Å²) in [6.07, 6.45) is 2.51. The first-order chi connectivity index (χ1) is 5.59. The molecule has 0 bridgehead atoms. The van der Waals surface area contributed by atoms with Crippen molar-refractivity contribution in [2.45, 2.75) is 39.7 Å². The van der Waals surface area contributed by atoms with Crippen LogP contribution < -0.4 is 5.73 Å². The number of thioether (sulfide) groups is 1. The summed E-state index contributed by atoms with van der Waals surface area (Å²) in [6, 6.07) is 0.159. The van der Waals surface area contributed by atoms with Crippen LogP contribution in [0.3, 0.4) is 0 Å². The van der Waals surface area contributed by atoms with Gasteiger partial charge in [-0.2, -0.15) is 0 Å². The van der Waals surface area contributed by atoms with Gasteiger partial charge in [-0.05, 0) is 23.0 Å². The molecule has 2 N–H and O–H groups in total. The zero-order valence-electron chi connectivity index (χ0n) is 8.47. The van der Waals surface area contributed by atoms with Gasteiger partial charge in [0.2, 0.25) is 0 Å². The average Bonchev–Trinajstić information content (AvgIpc) is 2.03. The summed E-state index contributed by atoms with van der Waals surface area (Å²) in [7, 11) is 0. The zero-order chi connectivity index (χ0) is 9.56. The van der Waals surface area contributed by atoms with Gasteiger partial charge in [-0.1, -0.05) is 33.8 Å². The summed E-state index contributed by atoms with van der Waals surface area (Å²) < 4.78 is 0. The molecule has 1 unspecified atom stereocenters. The van der Waals surface area contributed by atoms with Gasteiger partial charge in [0.1, 0.15) is 0 Å². The van der Waals surface area contributed by atoms with E-state index in [1.54, 1.807) is 0 Å². The van der Waals surface area contributed by atoms with Crippen molar-refractivity contribution >= 4 is 11.8 Å². The Balaban J connectivity index is 3.57. The molecule has 72 valence electrons. The molecule has 0 radical (unpaired) electrons. The largest absolute Gasteiger partial charge is 0.323 e. The van der Waals surface area contributed by atoms with Gasteiger partial charge in [-0.25, -0.2) is 0 Å². The van der Waals surface area contributed by atoms with Crippen molar-refractivity contribution < 1.29 is 0 Å². The second-order valence-corrected chi connectivity index (χ2v) is 4.66. The molecule has 2 heteroatoms. The fourth-order valence-electron chi connectivity index (χ4n) is 0.816. The molecule has 0 spiro atoms. The Kier molecular flexibility index (Phi) is 6.58. The quantitative estimate of drug-likeness (QED) is 0.647. The molecule has 0 aliphatic rings. The monoisotopic (exact) mass is 187 g/mol. The van der Waals surface area contributed by atoms with Crippen LogP contribution in [-0.2, 0) is 0 Å². The van der Waals surface area contributed by atoms with Crippen LogP contribution in [0.25, 0.3) is 0 Å². The first-order valence-corrected chi connectivity index (χ1v) is 5.65. The van der Waals surface area contributed by atoms with Gasteiger partial charge in [-0.15, -0.1) is 11.8 Å². The van der Waals surface area contributed by atoms with Gasteiger partial charge in [0, 0.05) is 6.04 Å². The van der Waals surface area contributed by atoms with Crippen molar-refractivity contribution in [3.63, 3.8) is 0 Å². The summed E-state index contributed by atoms with van der Waals surface area (Å²) in [5.41, 5.74) is 5.92. The molecule has 1 nitrogen and oxygen atoms in total. The number of unbranched alkanes of at least 4 members (excludes halogenated alkanes) is 1. The molecule has 1 atom stereocenters. The Morgan fingerprint density at radius 1 is 1.50 bits per heavy atom. The molecule has 0 aromatic carbocycles. The second-order valence-electron chi connectivity index (χ2n) is 3.44. The third-order valence-electron chi connectivity index (χ3n) is 1.88. The standard InChI is InChI=1S/C10H21NS/c1-5-6-7-12-9(4)10(11)8(2)3/h8,10H,4-7,11H2,1-3H3. The Morgan fingerprint density at radius 2 is 2.08 bits per heavy atom. The second kappa shape index (κ2) is 6.55. The van der Waals surface area contributed by atoms with E-state index in [1.165, 1.54) is 12.8 Å². The van der Waals surface area contributed by atoms with Crippen LogP contribution in [0.5, 0.6) is 0 Å². The lowest BCUT2D eigenvalue weighted by Crippen LogP contribution is -2.27. The Morgan fingerprint density at radius 3 is 2.50 bits per heavy atom.